The van der Waals surface area contributed by atoms with Crippen molar-refractivity contribution in [2.45, 2.75) is 32.9 Å². The molecule has 3 heterocycles. The molecule has 10 heteroatoms. The number of pyridine rings is 2. The van der Waals surface area contributed by atoms with Gasteiger partial charge in [-0.3, -0.25) is 19.0 Å². The largest absolute Gasteiger partial charge is 0.506 e. The van der Waals surface area contributed by atoms with Gasteiger partial charge in [0.2, 0.25) is 0 Å². The topological polar surface area (TPSA) is 123 Å². The average Bonchev–Trinajstić information content (AvgIpc) is 3.17. The van der Waals surface area contributed by atoms with E-state index in [2.05, 4.69) is 15.3 Å². The van der Waals surface area contributed by atoms with Crippen LogP contribution in [0.5, 0.6) is 5.75 Å². The van der Waals surface area contributed by atoms with Crippen LogP contribution in [0.2, 0.25) is 0 Å². The number of carbonyl (C=O) groups excluding carboxylic acids is 2. The Balaban J connectivity index is 1.72. The summed E-state index contributed by atoms with van der Waals surface area (Å²) in [6, 6.07) is 10.8. The van der Waals surface area contributed by atoms with Crippen molar-refractivity contribution >= 4 is 44.5 Å². The number of carbonyl (C=O) groups is 2. The number of hydrogen-bond donors (Lipinski definition) is 2. The van der Waals surface area contributed by atoms with Crippen LogP contribution in [0.15, 0.2) is 47.4 Å². The summed E-state index contributed by atoms with van der Waals surface area (Å²) in [4.78, 5) is 46.9. The van der Waals surface area contributed by atoms with E-state index in [1.807, 2.05) is 24.3 Å². The average molecular weight is 467 g/mol. The number of fused-ring (bicyclic) bond motifs is 2. The first-order valence-electron chi connectivity index (χ1n) is 10.2. The van der Waals surface area contributed by atoms with Crippen LogP contribution in [0.25, 0.3) is 21.3 Å². The molecule has 170 valence electrons. The van der Waals surface area contributed by atoms with Gasteiger partial charge < -0.3 is 15.2 Å². The van der Waals surface area contributed by atoms with E-state index in [9.17, 15) is 19.5 Å². The van der Waals surface area contributed by atoms with Crippen LogP contribution in [-0.2, 0) is 16.1 Å². The molecule has 2 N–H and O–H groups in total. The van der Waals surface area contributed by atoms with Gasteiger partial charge in [-0.2, -0.15) is 0 Å². The molecule has 0 bridgehead atoms. The van der Waals surface area contributed by atoms with Gasteiger partial charge >= 0.3 is 5.97 Å². The van der Waals surface area contributed by atoms with Crippen molar-refractivity contribution in [1.82, 2.24) is 19.9 Å². The highest BCUT2D eigenvalue weighted by Gasteiger charge is 2.25. The van der Waals surface area contributed by atoms with Crippen molar-refractivity contribution in [2.75, 3.05) is 6.54 Å². The first kappa shape index (κ1) is 22.4. The lowest BCUT2D eigenvalue weighted by molar-refractivity contribution is -0.153. The number of amides is 1. The Hall–Kier alpha value is -3.79. The number of esters is 1. The Morgan fingerprint density at radius 2 is 1.94 bits per heavy atom. The van der Waals surface area contributed by atoms with E-state index in [0.29, 0.717) is 5.01 Å². The predicted octanol–water partition coefficient (Wildman–Crippen LogP) is 2.83. The number of rotatable bonds is 5. The number of thiazole rings is 1. The van der Waals surface area contributed by atoms with Crippen molar-refractivity contribution < 1.29 is 19.4 Å². The summed E-state index contributed by atoms with van der Waals surface area (Å²) in [6.07, 6.45) is 1.50. The molecule has 0 aliphatic heterocycles. The highest BCUT2D eigenvalue weighted by molar-refractivity contribution is 7.18. The van der Waals surface area contributed by atoms with E-state index in [1.165, 1.54) is 22.1 Å². The van der Waals surface area contributed by atoms with Crippen molar-refractivity contribution in [2.24, 2.45) is 0 Å². The summed E-state index contributed by atoms with van der Waals surface area (Å²) < 4.78 is 7.44. The third-order valence-electron chi connectivity index (χ3n) is 4.67. The quantitative estimate of drug-likeness (QED) is 0.434. The number of hydrogen-bond acceptors (Lipinski definition) is 8. The van der Waals surface area contributed by atoms with Crippen LogP contribution in [0.4, 0.5) is 0 Å². The fourth-order valence-corrected chi connectivity index (χ4v) is 4.31. The van der Waals surface area contributed by atoms with E-state index in [4.69, 9.17) is 4.74 Å². The maximum atomic E-state index is 13.3. The molecule has 0 radical (unpaired) electrons. The van der Waals surface area contributed by atoms with E-state index in [0.717, 1.165) is 10.2 Å². The Morgan fingerprint density at radius 3 is 2.67 bits per heavy atom. The highest BCUT2D eigenvalue weighted by atomic mass is 32.1. The minimum atomic E-state index is -0.882. The Labute approximate surface area is 192 Å². The molecule has 0 aliphatic carbocycles. The lowest BCUT2D eigenvalue weighted by Gasteiger charge is -2.19. The van der Waals surface area contributed by atoms with Crippen molar-refractivity contribution in [3.8, 4) is 5.75 Å². The van der Waals surface area contributed by atoms with Gasteiger partial charge in [0.1, 0.15) is 34.1 Å². The summed E-state index contributed by atoms with van der Waals surface area (Å²) in [7, 11) is 0. The molecule has 33 heavy (non-hydrogen) atoms. The lowest BCUT2D eigenvalue weighted by Crippen LogP contribution is -2.38. The SMILES string of the molecule is CC(C)(C)OC(=O)CNC(=O)c1c(O)c2cccnc2n(Cc2nc3ccccc3s2)c1=O. The molecular formula is C23H22N4O5S. The minimum Gasteiger partial charge on any atom is -0.506 e. The van der Waals surface area contributed by atoms with E-state index in [1.54, 1.807) is 32.9 Å². The highest BCUT2D eigenvalue weighted by Crippen LogP contribution is 2.27. The van der Waals surface area contributed by atoms with Gasteiger partial charge in [0, 0.05) is 6.20 Å². The Bertz CT molecular complexity index is 1400. The molecule has 0 fully saturated rings. The second-order valence-corrected chi connectivity index (χ2v) is 9.45. The van der Waals surface area contributed by atoms with Gasteiger partial charge in [-0.15, -0.1) is 11.3 Å². The van der Waals surface area contributed by atoms with Crippen LogP contribution >= 0.6 is 11.3 Å². The van der Waals surface area contributed by atoms with Crippen molar-refractivity contribution in [1.29, 1.82) is 0 Å². The van der Waals surface area contributed by atoms with Gasteiger partial charge in [-0.1, -0.05) is 12.1 Å². The van der Waals surface area contributed by atoms with Crippen LogP contribution < -0.4 is 10.9 Å². The maximum absolute atomic E-state index is 13.3. The third kappa shape index (κ3) is 4.70. The zero-order valence-electron chi connectivity index (χ0n) is 18.3. The summed E-state index contributed by atoms with van der Waals surface area (Å²) >= 11 is 1.42. The first-order valence-corrected chi connectivity index (χ1v) is 11.0. The fraction of sp³-hybridized carbons (Fsp3) is 0.261. The monoisotopic (exact) mass is 466 g/mol. The molecular weight excluding hydrogens is 444 g/mol. The zero-order chi connectivity index (χ0) is 23.8. The minimum absolute atomic E-state index is 0.0678. The molecule has 0 atom stereocenters. The van der Waals surface area contributed by atoms with E-state index < -0.39 is 40.9 Å². The van der Waals surface area contributed by atoms with Crippen LogP contribution in [0.3, 0.4) is 0 Å². The molecule has 1 amide bonds. The molecule has 1 aromatic carbocycles. The molecule has 9 nitrogen and oxygen atoms in total. The van der Waals surface area contributed by atoms with Gasteiger partial charge in [0.05, 0.1) is 22.1 Å². The second-order valence-electron chi connectivity index (χ2n) is 8.33. The second kappa shape index (κ2) is 8.62. The molecule has 3 aromatic heterocycles. The van der Waals surface area contributed by atoms with E-state index in [-0.39, 0.29) is 17.6 Å². The van der Waals surface area contributed by atoms with E-state index >= 15 is 0 Å². The number of para-hydroxylation sites is 1. The standard InChI is InChI=1S/C23H22N4O5S/c1-23(2,3)32-17(28)11-25-21(30)18-19(29)13-7-6-10-24-20(13)27(22(18)31)12-16-26-14-8-4-5-9-15(14)33-16/h4-10,29H,11-12H2,1-3H3,(H,25,30). The molecule has 0 unspecified atom stereocenters. The molecule has 4 rings (SSSR count). The summed E-state index contributed by atoms with van der Waals surface area (Å²) in [5.74, 6) is -2.04. The van der Waals surface area contributed by atoms with Gasteiger partial charge in [-0.25, -0.2) is 9.97 Å². The predicted molar refractivity (Wildman–Crippen MR) is 125 cm³/mol. The zero-order valence-corrected chi connectivity index (χ0v) is 19.1. The smallest absolute Gasteiger partial charge is 0.325 e. The third-order valence-corrected chi connectivity index (χ3v) is 5.69. The van der Waals surface area contributed by atoms with Crippen molar-refractivity contribution in [3.63, 3.8) is 0 Å². The number of aromatic hydroxyl groups is 1. The van der Waals surface area contributed by atoms with Crippen LogP contribution in [0, 0.1) is 0 Å². The Kier molecular flexibility index (Phi) is 5.86. The number of ether oxygens (including phenoxy) is 1. The maximum Gasteiger partial charge on any atom is 0.325 e. The van der Waals surface area contributed by atoms with Gasteiger partial charge in [0.25, 0.3) is 11.5 Å². The molecule has 0 spiro atoms. The van der Waals surface area contributed by atoms with Crippen molar-refractivity contribution in [3.05, 3.63) is 63.5 Å². The fourth-order valence-electron chi connectivity index (χ4n) is 3.36. The van der Waals surface area contributed by atoms with Gasteiger partial charge in [0.15, 0.2) is 0 Å². The van der Waals surface area contributed by atoms with Gasteiger partial charge in [-0.05, 0) is 45.0 Å². The number of nitrogens with zero attached hydrogens (tertiary/aromatic N) is 3. The Morgan fingerprint density at radius 1 is 1.18 bits per heavy atom. The molecule has 0 saturated carbocycles. The molecule has 0 saturated heterocycles. The number of nitrogens with one attached hydrogen (secondary N) is 1. The number of benzene rings is 1. The normalized spacial score (nSPS) is 11.6. The molecule has 0 aliphatic rings. The van der Waals surface area contributed by atoms with Crippen LogP contribution in [0.1, 0.15) is 36.1 Å². The molecule has 4 aromatic rings. The summed E-state index contributed by atoms with van der Waals surface area (Å²) in [6.45, 7) is 4.73. The van der Waals surface area contributed by atoms with Crippen LogP contribution in [-0.4, -0.2) is 43.7 Å². The number of aromatic nitrogens is 3. The summed E-state index contributed by atoms with van der Waals surface area (Å²) in [5, 5.41) is 14.0. The first-order chi connectivity index (χ1) is 15.6. The summed E-state index contributed by atoms with van der Waals surface area (Å²) in [5.41, 5.74) is -0.901. The lowest BCUT2D eigenvalue weighted by atomic mass is 10.1.